The molecule has 0 aliphatic carbocycles. The summed E-state index contributed by atoms with van der Waals surface area (Å²) in [6.07, 6.45) is 0. The molecule has 0 fully saturated rings. The number of hydrogen-bond donors (Lipinski definition) is 2. The lowest BCUT2D eigenvalue weighted by Crippen LogP contribution is -1.99. The lowest BCUT2D eigenvalue weighted by Gasteiger charge is -2.03. The van der Waals surface area contributed by atoms with Crippen LogP contribution in [0.25, 0.3) is 20.4 Å². The van der Waals surface area contributed by atoms with E-state index in [9.17, 15) is 0 Å². The predicted octanol–water partition coefficient (Wildman–Crippen LogP) is 9.59. The van der Waals surface area contributed by atoms with Crippen molar-refractivity contribution < 1.29 is 9.47 Å². The summed E-state index contributed by atoms with van der Waals surface area (Å²) in [7, 11) is 3.30. The van der Waals surface area contributed by atoms with Crippen molar-refractivity contribution in [1.82, 2.24) is 9.97 Å². The van der Waals surface area contributed by atoms with Crippen LogP contribution in [0.5, 0.6) is 11.5 Å². The van der Waals surface area contributed by atoms with Crippen LogP contribution < -0.4 is 20.3 Å². The number of methoxy groups -OCH3 is 2. The van der Waals surface area contributed by atoms with Crippen molar-refractivity contribution in [3.63, 3.8) is 0 Å². The Bertz CT molecular complexity index is 1800. The summed E-state index contributed by atoms with van der Waals surface area (Å²) < 4.78 is 12.4. The van der Waals surface area contributed by atoms with Crippen LogP contribution in [0.4, 0.5) is 10.3 Å². The normalized spacial score (nSPS) is 11.7. The molecule has 0 amide bonds. The maximum absolute atomic E-state index is 5.98. The van der Waals surface area contributed by atoms with E-state index in [4.69, 9.17) is 32.7 Å². The summed E-state index contributed by atoms with van der Waals surface area (Å²) >= 11 is 15.0. The zero-order valence-electron chi connectivity index (χ0n) is 24.3. The molecule has 6 rings (SSSR count). The van der Waals surface area contributed by atoms with Gasteiger partial charge in [0.2, 0.25) is 10.3 Å². The minimum absolute atomic E-state index is 0.709. The molecule has 6 aromatic rings. The van der Waals surface area contributed by atoms with E-state index in [-0.39, 0.29) is 0 Å². The SMILES string of the molecule is COc1ccc(/C(C)=N/Nc2nc3ccc(Cl)cc3s2)cc1.COc1ccc(/C(C)=N/Nc2nc3ccc(Cl)cc3s2)cc1. The molecule has 44 heavy (non-hydrogen) atoms. The molecule has 0 bridgehead atoms. The first-order valence-corrected chi connectivity index (χ1v) is 15.7. The van der Waals surface area contributed by atoms with Crippen LogP contribution in [0.2, 0.25) is 10.0 Å². The number of nitrogens with zero attached hydrogens (tertiary/aromatic N) is 4. The molecule has 8 nitrogen and oxygen atoms in total. The van der Waals surface area contributed by atoms with Crippen molar-refractivity contribution in [2.75, 3.05) is 25.1 Å². The summed E-state index contributed by atoms with van der Waals surface area (Å²) in [5.41, 5.74) is 11.6. The molecule has 2 N–H and O–H groups in total. The number of rotatable bonds is 8. The fraction of sp³-hybridized carbons (Fsp3) is 0.125. The Hall–Kier alpha value is -4.22. The predicted molar refractivity (Wildman–Crippen MR) is 187 cm³/mol. The number of halogens is 2. The fourth-order valence-electron chi connectivity index (χ4n) is 3.95. The van der Waals surface area contributed by atoms with Crippen molar-refractivity contribution in [1.29, 1.82) is 0 Å². The number of anilines is 2. The fourth-order valence-corrected chi connectivity index (χ4v) is 6.12. The second-order valence-electron chi connectivity index (χ2n) is 9.34. The first-order valence-electron chi connectivity index (χ1n) is 13.3. The summed E-state index contributed by atoms with van der Waals surface area (Å²) in [5, 5.41) is 11.7. The first kappa shape index (κ1) is 31.2. The molecule has 4 aromatic carbocycles. The second-order valence-corrected chi connectivity index (χ2v) is 12.3. The minimum atomic E-state index is 0.709. The monoisotopic (exact) mass is 662 g/mol. The van der Waals surface area contributed by atoms with Gasteiger partial charge in [-0.3, -0.25) is 10.9 Å². The van der Waals surface area contributed by atoms with E-state index < -0.39 is 0 Å². The average Bonchev–Trinajstić information content (AvgIpc) is 3.65. The van der Waals surface area contributed by atoms with E-state index >= 15 is 0 Å². The van der Waals surface area contributed by atoms with E-state index in [1.54, 1.807) is 14.2 Å². The van der Waals surface area contributed by atoms with Gasteiger partial charge in [-0.15, -0.1) is 0 Å². The Morgan fingerprint density at radius 2 is 1.00 bits per heavy atom. The molecule has 2 heterocycles. The van der Waals surface area contributed by atoms with E-state index in [1.807, 2.05) is 98.8 Å². The van der Waals surface area contributed by atoms with Gasteiger partial charge < -0.3 is 9.47 Å². The number of nitrogens with one attached hydrogen (secondary N) is 2. The molecular formula is C32H28Cl2N6O2S2. The van der Waals surface area contributed by atoms with E-state index in [0.717, 1.165) is 64.7 Å². The highest BCUT2D eigenvalue weighted by atomic mass is 35.5. The molecule has 0 unspecified atom stereocenters. The maximum Gasteiger partial charge on any atom is 0.204 e. The summed E-state index contributed by atoms with van der Waals surface area (Å²) in [6, 6.07) is 26.8. The Balaban J connectivity index is 0.000000175. The molecule has 0 aliphatic heterocycles. The Morgan fingerprint density at radius 1 is 0.614 bits per heavy atom. The smallest absolute Gasteiger partial charge is 0.204 e. The summed E-state index contributed by atoms with van der Waals surface area (Å²) in [4.78, 5) is 8.94. The van der Waals surface area contributed by atoms with Crippen LogP contribution in [-0.2, 0) is 0 Å². The quantitative estimate of drug-likeness (QED) is 0.124. The number of hydrazone groups is 2. The zero-order chi connectivity index (χ0) is 31.1. The number of fused-ring (bicyclic) bond motifs is 2. The molecule has 12 heteroatoms. The van der Waals surface area contributed by atoms with Gasteiger partial charge >= 0.3 is 0 Å². The topological polar surface area (TPSA) is 93.0 Å². The molecule has 0 aliphatic rings. The van der Waals surface area contributed by atoms with Gasteiger partial charge in [0.05, 0.1) is 46.1 Å². The average molecular weight is 664 g/mol. The van der Waals surface area contributed by atoms with Crippen LogP contribution in [0.1, 0.15) is 25.0 Å². The third-order valence-corrected chi connectivity index (χ3v) is 8.67. The van der Waals surface area contributed by atoms with Gasteiger partial charge in [0.15, 0.2) is 0 Å². The molecule has 0 saturated carbocycles. The number of thiazole rings is 2. The second kappa shape index (κ2) is 14.5. The van der Waals surface area contributed by atoms with E-state index in [2.05, 4.69) is 31.0 Å². The van der Waals surface area contributed by atoms with Crippen LogP contribution in [0.3, 0.4) is 0 Å². The molecule has 0 atom stereocenters. The molecule has 0 radical (unpaired) electrons. The molecule has 224 valence electrons. The van der Waals surface area contributed by atoms with Gasteiger partial charge in [0.25, 0.3) is 0 Å². The van der Waals surface area contributed by atoms with Crippen molar-refractivity contribution in [2.45, 2.75) is 13.8 Å². The molecule has 0 saturated heterocycles. The number of aromatic nitrogens is 2. The van der Waals surface area contributed by atoms with Gasteiger partial charge in [0.1, 0.15) is 11.5 Å². The van der Waals surface area contributed by atoms with Gasteiger partial charge in [-0.1, -0.05) is 45.9 Å². The summed E-state index contributed by atoms with van der Waals surface area (Å²) in [6.45, 7) is 3.89. The molecule has 2 aromatic heterocycles. The largest absolute Gasteiger partial charge is 0.497 e. The molecule has 0 spiro atoms. The highest BCUT2D eigenvalue weighted by Gasteiger charge is 2.06. The van der Waals surface area contributed by atoms with Gasteiger partial charge in [0, 0.05) is 10.0 Å². The van der Waals surface area contributed by atoms with Gasteiger partial charge in [-0.2, -0.15) is 10.2 Å². The first-order chi connectivity index (χ1) is 21.3. The van der Waals surface area contributed by atoms with Crippen molar-refractivity contribution in [3.8, 4) is 11.5 Å². The number of ether oxygens (including phenoxy) is 2. The van der Waals surface area contributed by atoms with Crippen LogP contribution in [0.15, 0.2) is 95.1 Å². The zero-order valence-corrected chi connectivity index (χ0v) is 27.4. The minimum Gasteiger partial charge on any atom is -0.497 e. The van der Waals surface area contributed by atoms with Crippen molar-refractivity contribution in [3.05, 3.63) is 106 Å². The summed E-state index contributed by atoms with van der Waals surface area (Å²) in [5.74, 6) is 1.65. The molecular weight excluding hydrogens is 635 g/mol. The van der Waals surface area contributed by atoms with Crippen LogP contribution in [0, 0.1) is 0 Å². The standard InChI is InChI=1S/2C16H14ClN3OS/c2*1-10(11-3-6-13(21-2)7-4-11)19-20-16-18-14-8-5-12(17)9-15(14)22-16/h2*3-9H,1-2H3,(H,18,20)/b2*19-10+. The van der Waals surface area contributed by atoms with Crippen molar-refractivity contribution >= 4 is 88.0 Å². The Labute approximate surface area is 273 Å². The number of hydrogen-bond acceptors (Lipinski definition) is 10. The number of benzene rings is 4. The lowest BCUT2D eigenvalue weighted by molar-refractivity contribution is 0.414. The van der Waals surface area contributed by atoms with Gasteiger partial charge in [-0.05, 0) is 110 Å². The van der Waals surface area contributed by atoms with E-state index in [0.29, 0.717) is 10.0 Å². The highest BCUT2D eigenvalue weighted by molar-refractivity contribution is 7.22. The maximum atomic E-state index is 5.98. The third-order valence-electron chi connectivity index (χ3n) is 6.36. The van der Waals surface area contributed by atoms with Crippen LogP contribution in [-0.4, -0.2) is 35.6 Å². The van der Waals surface area contributed by atoms with Gasteiger partial charge in [-0.25, -0.2) is 9.97 Å². The highest BCUT2D eigenvalue weighted by Crippen LogP contribution is 2.29. The van der Waals surface area contributed by atoms with E-state index in [1.165, 1.54) is 22.7 Å². The van der Waals surface area contributed by atoms with Crippen LogP contribution >= 0.6 is 45.9 Å². The lowest BCUT2D eigenvalue weighted by atomic mass is 10.1. The Kier molecular flexibility index (Phi) is 10.3. The van der Waals surface area contributed by atoms with Crippen molar-refractivity contribution in [2.24, 2.45) is 10.2 Å². The Morgan fingerprint density at radius 3 is 1.36 bits per heavy atom. The third kappa shape index (κ3) is 8.03.